The lowest BCUT2D eigenvalue weighted by Crippen LogP contribution is -2.51. The molecule has 0 rings (SSSR count). The van der Waals surface area contributed by atoms with Gasteiger partial charge in [-0.25, -0.2) is 9.59 Å². The van der Waals surface area contributed by atoms with Gasteiger partial charge in [-0.05, 0) is 12.3 Å². The number of nitrogens with one attached hydrogen (secondary N) is 2. The van der Waals surface area contributed by atoms with Gasteiger partial charge in [0, 0.05) is 13.5 Å². The molecule has 0 radical (unpaired) electrons. The van der Waals surface area contributed by atoms with Gasteiger partial charge >= 0.3 is 12.0 Å². The highest BCUT2D eigenvalue weighted by molar-refractivity contribution is 5.83. The highest BCUT2D eigenvalue weighted by atomic mass is 16.5. The summed E-state index contributed by atoms with van der Waals surface area (Å²) in [6.07, 6.45) is -0.155. The molecule has 116 valence electrons. The van der Waals surface area contributed by atoms with Crippen LogP contribution in [0.4, 0.5) is 4.79 Å². The molecule has 5 N–H and O–H groups in total. The minimum absolute atomic E-state index is 0.0469. The normalized spacial score (nSPS) is 13.6. The molecule has 0 bridgehead atoms. The van der Waals surface area contributed by atoms with Crippen molar-refractivity contribution in [3.63, 3.8) is 0 Å². The van der Waals surface area contributed by atoms with Gasteiger partial charge in [0.1, 0.15) is 6.04 Å². The van der Waals surface area contributed by atoms with Crippen LogP contribution in [0.15, 0.2) is 0 Å². The molecule has 0 saturated carbocycles. The van der Waals surface area contributed by atoms with Gasteiger partial charge in [0.25, 0.3) is 0 Å². The average molecular weight is 289 g/mol. The van der Waals surface area contributed by atoms with E-state index >= 15 is 0 Å². The van der Waals surface area contributed by atoms with Crippen LogP contribution in [0.25, 0.3) is 0 Å². The molecule has 0 aliphatic rings. The third-order valence-electron chi connectivity index (χ3n) is 2.75. The molecule has 20 heavy (non-hydrogen) atoms. The molecule has 1 unspecified atom stereocenters. The molecule has 0 fully saturated rings. The second-order valence-electron chi connectivity index (χ2n) is 4.82. The van der Waals surface area contributed by atoms with Crippen LogP contribution in [0.3, 0.4) is 0 Å². The van der Waals surface area contributed by atoms with Gasteiger partial charge in [0.15, 0.2) is 0 Å². The molecule has 0 aliphatic carbocycles. The Hall–Kier alpha value is -1.83. The van der Waals surface area contributed by atoms with Crippen molar-refractivity contribution in [2.24, 2.45) is 11.7 Å². The molecule has 0 aromatic rings. The number of carboxylic acids is 1. The first kappa shape index (κ1) is 18.2. The van der Waals surface area contributed by atoms with E-state index in [9.17, 15) is 14.4 Å². The number of hydrogen-bond acceptors (Lipinski definition) is 4. The Kier molecular flexibility index (Phi) is 8.30. The van der Waals surface area contributed by atoms with E-state index in [1.165, 1.54) is 7.11 Å². The molecule has 0 spiro atoms. The number of carboxylic acid groups (broad SMARTS) is 1. The van der Waals surface area contributed by atoms with E-state index in [1.54, 1.807) is 0 Å². The number of carbonyl (C=O) groups is 3. The number of primary amides is 1. The van der Waals surface area contributed by atoms with Crippen molar-refractivity contribution < 1.29 is 24.2 Å². The summed E-state index contributed by atoms with van der Waals surface area (Å²) in [4.78, 5) is 33.4. The fraction of sp³-hybridized carbons (Fsp3) is 0.750. The lowest BCUT2D eigenvalue weighted by Gasteiger charge is -2.23. The summed E-state index contributed by atoms with van der Waals surface area (Å²) in [5, 5.41) is 13.9. The Labute approximate surface area is 118 Å². The van der Waals surface area contributed by atoms with E-state index in [0.717, 1.165) is 0 Å². The van der Waals surface area contributed by atoms with Crippen LogP contribution in [0.2, 0.25) is 0 Å². The Morgan fingerprint density at radius 3 is 2.25 bits per heavy atom. The molecule has 0 aliphatic heterocycles. The maximum absolute atomic E-state index is 11.7. The van der Waals surface area contributed by atoms with Gasteiger partial charge in [-0.2, -0.15) is 0 Å². The van der Waals surface area contributed by atoms with Gasteiger partial charge in [-0.15, -0.1) is 0 Å². The first-order valence-corrected chi connectivity index (χ1v) is 6.35. The Morgan fingerprint density at radius 2 is 1.85 bits per heavy atom. The number of amides is 3. The minimum Gasteiger partial charge on any atom is -0.480 e. The zero-order valence-electron chi connectivity index (χ0n) is 12.0. The fourth-order valence-corrected chi connectivity index (χ4v) is 1.49. The number of aliphatic carboxylic acids is 1. The van der Waals surface area contributed by atoms with E-state index in [4.69, 9.17) is 15.6 Å². The van der Waals surface area contributed by atoms with Crippen LogP contribution in [-0.4, -0.2) is 48.8 Å². The van der Waals surface area contributed by atoms with Crippen molar-refractivity contribution in [1.82, 2.24) is 10.6 Å². The molecule has 8 nitrogen and oxygen atoms in total. The standard InChI is InChI=1S/C12H23N3O5/c1-7(2)9(6-20-3)15-12(19)14-8(11(17)18)4-5-10(13)16/h7-9H,4-6H2,1-3H3,(H2,13,16)(H,17,18)(H2,14,15,19)/t8-,9?/m1/s1. The molecule has 3 amide bonds. The van der Waals surface area contributed by atoms with Crippen molar-refractivity contribution in [1.29, 1.82) is 0 Å². The van der Waals surface area contributed by atoms with Crippen molar-refractivity contribution >= 4 is 17.9 Å². The smallest absolute Gasteiger partial charge is 0.326 e. The van der Waals surface area contributed by atoms with Crippen LogP contribution in [0.5, 0.6) is 0 Å². The minimum atomic E-state index is -1.21. The lowest BCUT2D eigenvalue weighted by atomic mass is 10.1. The number of methoxy groups -OCH3 is 1. The van der Waals surface area contributed by atoms with Crippen LogP contribution in [-0.2, 0) is 14.3 Å². The highest BCUT2D eigenvalue weighted by Gasteiger charge is 2.22. The predicted octanol–water partition coefficient (Wildman–Crippen LogP) is -0.325. The van der Waals surface area contributed by atoms with E-state index in [0.29, 0.717) is 6.61 Å². The topological polar surface area (TPSA) is 131 Å². The molecule has 0 saturated heterocycles. The first-order valence-electron chi connectivity index (χ1n) is 6.35. The van der Waals surface area contributed by atoms with Gasteiger partial charge in [-0.1, -0.05) is 13.8 Å². The maximum atomic E-state index is 11.7. The van der Waals surface area contributed by atoms with Crippen molar-refractivity contribution in [3.05, 3.63) is 0 Å². The summed E-state index contributed by atoms with van der Waals surface area (Å²) in [7, 11) is 1.52. The third kappa shape index (κ3) is 7.57. The second-order valence-corrected chi connectivity index (χ2v) is 4.82. The fourth-order valence-electron chi connectivity index (χ4n) is 1.49. The van der Waals surface area contributed by atoms with E-state index in [1.807, 2.05) is 13.8 Å². The van der Waals surface area contributed by atoms with Crippen molar-refractivity contribution in [2.45, 2.75) is 38.8 Å². The van der Waals surface area contributed by atoms with Gasteiger partial charge in [0.05, 0.1) is 12.6 Å². The van der Waals surface area contributed by atoms with Gasteiger partial charge < -0.3 is 26.2 Å². The summed E-state index contributed by atoms with van der Waals surface area (Å²) in [5.74, 6) is -1.69. The maximum Gasteiger partial charge on any atom is 0.326 e. The van der Waals surface area contributed by atoms with Crippen molar-refractivity contribution in [2.75, 3.05) is 13.7 Å². The summed E-state index contributed by atoms with van der Waals surface area (Å²) in [6, 6.07) is -2.00. The van der Waals surface area contributed by atoms with Crippen LogP contribution >= 0.6 is 0 Å². The number of urea groups is 1. The Balaban J connectivity index is 4.44. The molecule has 0 aromatic carbocycles. The average Bonchev–Trinajstić information content (AvgIpc) is 2.33. The lowest BCUT2D eigenvalue weighted by molar-refractivity contribution is -0.139. The van der Waals surface area contributed by atoms with E-state index in [-0.39, 0.29) is 24.8 Å². The number of nitrogens with two attached hydrogens (primary N) is 1. The van der Waals surface area contributed by atoms with Crippen LogP contribution in [0, 0.1) is 5.92 Å². The highest BCUT2D eigenvalue weighted by Crippen LogP contribution is 2.02. The Morgan fingerprint density at radius 1 is 1.25 bits per heavy atom. The van der Waals surface area contributed by atoms with Gasteiger partial charge in [0.2, 0.25) is 5.91 Å². The molecule has 8 heteroatoms. The molecular formula is C12H23N3O5. The Bertz CT molecular complexity index is 346. The summed E-state index contributed by atoms with van der Waals surface area (Å²) >= 11 is 0. The van der Waals surface area contributed by atoms with Crippen LogP contribution < -0.4 is 16.4 Å². The monoisotopic (exact) mass is 289 g/mol. The zero-order valence-corrected chi connectivity index (χ0v) is 12.0. The summed E-state index contributed by atoms with van der Waals surface area (Å²) < 4.78 is 4.98. The molecule has 2 atom stereocenters. The number of rotatable bonds is 9. The van der Waals surface area contributed by atoms with Crippen LogP contribution in [0.1, 0.15) is 26.7 Å². The third-order valence-corrected chi connectivity index (χ3v) is 2.75. The predicted molar refractivity (Wildman–Crippen MR) is 72.0 cm³/mol. The zero-order chi connectivity index (χ0) is 15.7. The SMILES string of the molecule is COCC(NC(=O)N[C@H](CCC(N)=O)C(=O)O)C(C)C. The van der Waals surface area contributed by atoms with E-state index in [2.05, 4.69) is 10.6 Å². The number of ether oxygens (including phenoxy) is 1. The quantitative estimate of drug-likeness (QED) is 0.462. The summed E-state index contributed by atoms with van der Waals surface area (Å²) in [5.41, 5.74) is 4.95. The van der Waals surface area contributed by atoms with Crippen molar-refractivity contribution in [3.8, 4) is 0 Å². The molecular weight excluding hydrogens is 266 g/mol. The number of hydrogen-bond donors (Lipinski definition) is 4. The number of carbonyl (C=O) groups excluding carboxylic acids is 2. The van der Waals surface area contributed by atoms with Gasteiger partial charge in [-0.3, -0.25) is 4.79 Å². The summed E-state index contributed by atoms with van der Waals surface area (Å²) in [6.45, 7) is 4.14. The largest absolute Gasteiger partial charge is 0.480 e. The molecule has 0 aromatic heterocycles. The molecule has 0 heterocycles. The first-order chi connectivity index (χ1) is 9.27. The van der Waals surface area contributed by atoms with E-state index < -0.39 is 23.9 Å². The second kappa shape index (κ2) is 9.13.